The van der Waals surface area contributed by atoms with Crippen molar-refractivity contribution < 1.29 is 4.79 Å². The molecule has 0 aromatic carbocycles. The zero-order valence-corrected chi connectivity index (χ0v) is 12.4. The zero-order valence-electron chi connectivity index (χ0n) is 12.4. The monoisotopic (exact) mass is 282 g/mol. The van der Waals surface area contributed by atoms with Crippen LogP contribution < -0.4 is 5.32 Å². The molecule has 1 amide bonds. The Morgan fingerprint density at radius 2 is 1.76 bits per heavy atom. The summed E-state index contributed by atoms with van der Waals surface area (Å²) in [7, 11) is 0. The first-order chi connectivity index (χ1) is 10.0. The van der Waals surface area contributed by atoms with E-state index in [1.54, 1.807) is 6.07 Å². The molecule has 0 fully saturated rings. The molecule has 5 nitrogen and oxygen atoms in total. The van der Waals surface area contributed by atoms with Crippen molar-refractivity contribution in [2.45, 2.75) is 27.2 Å². The second kappa shape index (κ2) is 6.74. The van der Waals surface area contributed by atoms with Crippen LogP contribution in [0.15, 0.2) is 41.4 Å². The molecule has 0 atom stereocenters. The van der Waals surface area contributed by atoms with Crippen molar-refractivity contribution in [2.75, 3.05) is 5.32 Å². The van der Waals surface area contributed by atoms with Gasteiger partial charge >= 0.3 is 0 Å². The van der Waals surface area contributed by atoms with Crippen molar-refractivity contribution >= 4 is 23.3 Å². The van der Waals surface area contributed by atoms with Gasteiger partial charge in [-0.05, 0) is 45.0 Å². The molecule has 2 rings (SSSR count). The molecule has 0 aliphatic heterocycles. The Bertz CT molecular complexity index is 679. The molecule has 0 bridgehead atoms. The molecule has 2 aromatic heterocycles. The standard InChI is InChI=1S/C16H18N4O/c1-11-6-4-8-14(17-11)19-13(3)10-16(21)20-15-9-5-7-12(2)18-15/h4-9H,10H2,1-3H3,(H,18,20,21). The van der Waals surface area contributed by atoms with E-state index in [2.05, 4.69) is 20.3 Å². The van der Waals surface area contributed by atoms with Gasteiger partial charge in [0.1, 0.15) is 5.82 Å². The molecular formula is C16H18N4O. The summed E-state index contributed by atoms with van der Waals surface area (Å²) >= 11 is 0. The van der Waals surface area contributed by atoms with Gasteiger partial charge in [-0.25, -0.2) is 15.0 Å². The molecule has 21 heavy (non-hydrogen) atoms. The van der Waals surface area contributed by atoms with Crippen LogP contribution in [0.3, 0.4) is 0 Å². The minimum absolute atomic E-state index is 0.137. The molecule has 0 unspecified atom stereocenters. The molecular weight excluding hydrogens is 264 g/mol. The Morgan fingerprint density at radius 1 is 1.10 bits per heavy atom. The van der Waals surface area contributed by atoms with Crippen molar-refractivity contribution in [3.63, 3.8) is 0 Å². The summed E-state index contributed by atoms with van der Waals surface area (Å²) in [4.78, 5) is 24.8. The maximum Gasteiger partial charge on any atom is 0.231 e. The van der Waals surface area contributed by atoms with Crippen LogP contribution in [0.5, 0.6) is 0 Å². The number of pyridine rings is 2. The number of nitrogens with zero attached hydrogens (tertiary/aromatic N) is 3. The third-order valence-corrected chi connectivity index (χ3v) is 2.75. The summed E-state index contributed by atoms with van der Waals surface area (Å²) < 4.78 is 0. The highest BCUT2D eigenvalue weighted by Gasteiger charge is 2.06. The van der Waals surface area contributed by atoms with Crippen molar-refractivity contribution in [1.82, 2.24) is 9.97 Å². The number of amides is 1. The minimum Gasteiger partial charge on any atom is -0.310 e. The van der Waals surface area contributed by atoms with Crippen LogP contribution >= 0.6 is 0 Å². The van der Waals surface area contributed by atoms with Gasteiger partial charge in [0.2, 0.25) is 5.91 Å². The van der Waals surface area contributed by atoms with Gasteiger partial charge in [-0.15, -0.1) is 0 Å². The lowest BCUT2D eigenvalue weighted by Crippen LogP contribution is -2.15. The normalized spacial score (nSPS) is 11.3. The van der Waals surface area contributed by atoms with E-state index in [-0.39, 0.29) is 12.3 Å². The molecule has 2 heterocycles. The molecule has 5 heteroatoms. The first-order valence-corrected chi connectivity index (χ1v) is 6.74. The van der Waals surface area contributed by atoms with Gasteiger partial charge in [0.15, 0.2) is 5.82 Å². The van der Waals surface area contributed by atoms with E-state index in [0.29, 0.717) is 17.3 Å². The van der Waals surface area contributed by atoms with Gasteiger partial charge in [0, 0.05) is 17.1 Å². The van der Waals surface area contributed by atoms with Gasteiger partial charge in [0.05, 0.1) is 6.42 Å². The molecule has 0 radical (unpaired) electrons. The highest BCUT2D eigenvalue weighted by atomic mass is 16.1. The van der Waals surface area contributed by atoms with Crippen LogP contribution in [-0.4, -0.2) is 21.6 Å². The smallest absolute Gasteiger partial charge is 0.231 e. The number of anilines is 1. The van der Waals surface area contributed by atoms with Crippen LogP contribution in [0.4, 0.5) is 11.6 Å². The third kappa shape index (κ3) is 4.80. The number of carbonyl (C=O) groups is 1. The number of rotatable bonds is 4. The van der Waals surface area contributed by atoms with Gasteiger partial charge in [-0.1, -0.05) is 12.1 Å². The van der Waals surface area contributed by atoms with E-state index in [1.165, 1.54) is 0 Å². The Balaban J connectivity index is 1.99. The van der Waals surface area contributed by atoms with Crippen LogP contribution in [0.2, 0.25) is 0 Å². The lowest BCUT2D eigenvalue weighted by molar-refractivity contribution is -0.115. The third-order valence-electron chi connectivity index (χ3n) is 2.75. The molecule has 0 aliphatic rings. The van der Waals surface area contributed by atoms with Crippen molar-refractivity contribution in [2.24, 2.45) is 4.99 Å². The van der Waals surface area contributed by atoms with Crippen LogP contribution in [-0.2, 0) is 4.79 Å². The highest BCUT2D eigenvalue weighted by molar-refractivity contribution is 6.05. The molecule has 1 N–H and O–H groups in total. The van der Waals surface area contributed by atoms with Crippen molar-refractivity contribution in [3.8, 4) is 0 Å². The quantitative estimate of drug-likeness (QED) is 0.875. The summed E-state index contributed by atoms with van der Waals surface area (Å²) in [5, 5.41) is 2.76. The lowest BCUT2D eigenvalue weighted by Gasteiger charge is -2.05. The fourth-order valence-corrected chi connectivity index (χ4v) is 1.86. The molecule has 108 valence electrons. The first kappa shape index (κ1) is 14.8. The van der Waals surface area contributed by atoms with Gasteiger partial charge in [0.25, 0.3) is 0 Å². The lowest BCUT2D eigenvalue weighted by atomic mass is 10.2. The predicted molar refractivity (Wildman–Crippen MR) is 84.0 cm³/mol. The Morgan fingerprint density at radius 3 is 2.43 bits per heavy atom. The minimum atomic E-state index is -0.137. The molecule has 0 spiro atoms. The van der Waals surface area contributed by atoms with E-state index < -0.39 is 0 Å². The zero-order chi connectivity index (χ0) is 15.2. The van der Waals surface area contributed by atoms with Crippen LogP contribution in [0, 0.1) is 13.8 Å². The van der Waals surface area contributed by atoms with Gasteiger partial charge in [-0.3, -0.25) is 4.79 Å². The number of carbonyl (C=O) groups excluding carboxylic acids is 1. The molecule has 0 aliphatic carbocycles. The number of nitrogens with one attached hydrogen (secondary N) is 1. The van der Waals surface area contributed by atoms with Crippen LogP contribution in [0.1, 0.15) is 24.7 Å². The topological polar surface area (TPSA) is 67.2 Å². The fourth-order valence-electron chi connectivity index (χ4n) is 1.86. The van der Waals surface area contributed by atoms with E-state index in [0.717, 1.165) is 11.4 Å². The summed E-state index contributed by atoms with van der Waals surface area (Å²) in [6, 6.07) is 11.1. The second-order valence-corrected chi connectivity index (χ2v) is 4.87. The Hall–Kier alpha value is -2.56. The van der Waals surface area contributed by atoms with E-state index in [9.17, 15) is 4.79 Å². The maximum absolute atomic E-state index is 11.9. The SMILES string of the molecule is CC(CC(=O)Nc1cccc(C)n1)=Nc1cccc(C)n1. The largest absolute Gasteiger partial charge is 0.310 e. The summed E-state index contributed by atoms with van der Waals surface area (Å²) in [5.41, 5.74) is 2.47. The van der Waals surface area contributed by atoms with Gasteiger partial charge < -0.3 is 5.32 Å². The molecule has 0 saturated heterocycles. The maximum atomic E-state index is 11.9. The Labute approximate surface area is 124 Å². The second-order valence-electron chi connectivity index (χ2n) is 4.87. The van der Waals surface area contributed by atoms with Crippen LogP contribution in [0.25, 0.3) is 0 Å². The average molecular weight is 282 g/mol. The fraction of sp³-hybridized carbons (Fsp3) is 0.250. The summed E-state index contributed by atoms with van der Waals surface area (Å²) in [6.07, 6.45) is 0.214. The van der Waals surface area contributed by atoms with Gasteiger partial charge in [-0.2, -0.15) is 0 Å². The number of aliphatic imine (C=N–C) groups is 1. The number of hydrogen-bond donors (Lipinski definition) is 1. The number of hydrogen-bond acceptors (Lipinski definition) is 4. The first-order valence-electron chi connectivity index (χ1n) is 6.74. The predicted octanol–water partition coefficient (Wildman–Crippen LogP) is 3.21. The number of aryl methyl sites for hydroxylation is 2. The molecule has 2 aromatic rings. The average Bonchev–Trinajstić information content (AvgIpc) is 2.38. The summed E-state index contributed by atoms with van der Waals surface area (Å²) in [6.45, 7) is 5.60. The van der Waals surface area contributed by atoms with E-state index in [1.807, 2.05) is 51.1 Å². The van der Waals surface area contributed by atoms with Crippen molar-refractivity contribution in [1.29, 1.82) is 0 Å². The molecule has 0 saturated carbocycles. The summed E-state index contributed by atoms with van der Waals surface area (Å²) in [5.74, 6) is 1.04. The highest BCUT2D eigenvalue weighted by Crippen LogP contribution is 2.10. The number of aromatic nitrogens is 2. The van der Waals surface area contributed by atoms with E-state index >= 15 is 0 Å². The van der Waals surface area contributed by atoms with E-state index in [4.69, 9.17) is 0 Å². The van der Waals surface area contributed by atoms with Crippen molar-refractivity contribution in [3.05, 3.63) is 47.8 Å². The Kier molecular flexibility index (Phi) is 4.77.